The highest BCUT2D eigenvalue weighted by molar-refractivity contribution is 5.96. The van der Waals surface area contributed by atoms with Gasteiger partial charge in [0.05, 0.1) is 19.1 Å². The van der Waals surface area contributed by atoms with E-state index in [0.29, 0.717) is 31.6 Å². The predicted molar refractivity (Wildman–Crippen MR) is 91.1 cm³/mol. The lowest BCUT2D eigenvalue weighted by Gasteiger charge is -2.32. The molecule has 136 valence electrons. The van der Waals surface area contributed by atoms with Crippen LogP contribution in [0.25, 0.3) is 0 Å². The topological polar surface area (TPSA) is 87.2 Å². The molecular formula is C18H24N2O5. The highest BCUT2D eigenvalue weighted by atomic mass is 16.5. The number of carboxylic acid groups (broad SMARTS) is 1. The molecule has 1 N–H and O–H groups in total. The van der Waals surface area contributed by atoms with E-state index in [2.05, 4.69) is 0 Å². The molecule has 0 saturated carbocycles. The van der Waals surface area contributed by atoms with Crippen molar-refractivity contribution in [3.63, 3.8) is 0 Å². The summed E-state index contributed by atoms with van der Waals surface area (Å²) in [5.41, 5.74) is 1.38. The highest BCUT2D eigenvalue weighted by Crippen LogP contribution is 2.17. The van der Waals surface area contributed by atoms with Crippen molar-refractivity contribution in [1.29, 1.82) is 0 Å². The zero-order valence-corrected chi connectivity index (χ0v) is 14.6. The normalized spacial score (nSPS) is 17.2. The molecule has 7 heteroatoms. The fraction of sp³-hybridized carbons (Fsp3) is 0.500. The van der Waals surface area contributed by atoms with Crippen LogP contribution in [-0.4, -0.2) is 66.5 Å². The van der Waals surface area contributed by atoms with Crippen molar-refractivity contribution >= 4 is 17.8 Å². The maximum Gasteiger partial charge on any atom is 0.308 e. The van der Waals surface area contributed by atoms with E-state index in [1.54, 1.807) is 32.4 Å². The van der Waals surface area contributed by atoms with E-state index >= 15 is 0 Å². The van der Waals surface area contributed by atoms with Crippen molar-refractivity contribution in [3.8, 4) is 0 Å². The van der Waals surface area contributed by atoms with Crippen LogP contribution in [0.15, 0.2) is 24.3 Å². The fourth-order valence-corrected chi connectivity index (χ4v) is 2.96. The molecule has 0 aromatic heterocycles. The molecular weight excluding hydrogens is 324 g/mol. The number of likely N-dealkylation sites (tertiary alicyclic amines) is 1. The van der Waals surface area contributed by atoms with E-state index < -0.39 is 11.9 Å². The van der Waals surface area contributed by atoms with Gasteiger partial charge in [-0.3, -0.25) is 14.4 Å². The van der Waals surface area contributed by atoms with Gasteiger partial charge >= 0.3 is 5.97 Å². The minimum Gasteiger partial charge on any atom is -0.481 e. The molecule has 1 aromatic rings. The van der Waals surface area contributed by atoms with Crippen molar-refractivity contribution in [2.75, 3.05) is 33.8 Å². The predicted octanol–water partition coefficient (Wildman–Crippen LogP) is 1.23. The Morgan fingerprint density at radius 2 is 2.12 bits per heavy atom. The van der Waals surface area contributed by atoms with Gasteiger partial charge in [0.25, 0.3) is 5.91 Å². The number of carbonyl (C=O) groups excluding carboxylic acids is 2. The van der Waals surface area contributed by atoms with Gasteiger partial charge in [-0.2, -0.15) is 0 Å². The number of likely N-dealkylation sites (N-methyl/N-ethyl adjacent to an activating group) is 1. The van der Waals surface area contributed by atoms with Gasteiger partial charge in [-0.05, 0) is 30.5 Å². The minimum absolute atomic E-state index is 0.0698. The van der Waals surface area contributed by atoms with Crippen molar-refractivity contribution in [3.05, 3.63) is 35.4 Å². The van der Waals surface area contributed by atoms with Gasteiger partial charge < -0.3 is 19.6 Å². The Labute approximate surface area is 147 Å². The minimum atomic E-state index is -0.878. The maximum absolute atomic E-state index is 12.5. The summed E-state index contributed by atoms with van der Waals surface area (Å²) in [4.78, 5) is 38.9. The lowest BCUT2D eigenvalue weighted by Crippen LogP contribution is -2.46. The second kappa shape index (κ2) is 8.62. The molecule has 0 aliphatic carbocycles. The van der Waals surface area contributed by atoms with Crippen LogP contribution in [0.2, 0.25) is 0 Å². The van der Waals surface area contributed by atoms with Crippen LogP contribution in [0.1, 0.15) is 28.8 Å². The third kappa shape index (κ3) is 5.03. The summed E-state index contributed by atoms with van der Waals surface area (Å²) in [6.07, 6.45) is 1.25. The van der Waals surface area contributed by atoms with E-state index in [4.69, 9.17) is 9.84 Å². The summed E-state index contributed by atoms with van der Waals surface area (Å²) in [7, 11) is 3.16. The number of aliphatic carboxylic acids is 1. The number of benzene rings is 1. The van der Waals surface area contributed by atoms with Crippen LogP contribution in [0, 0.1) is 5.92 Å². The van der Waals surface area contributed by atoms with Crippen LogP contribution in [0.5, 0.6) is 0 Å². The van der Waals surface area contributed by atoms with Crippen LogP contribution < -0.4 is 0 Å². The van der Waals surface area contributed by atoms with Crippen LogP contribution in [0.3, 0.4) is 0 Å². The quantitative estimate of drug-likeness (QED) is 0.835. The number of piperidine rings is 1. The number of amides is 2. The Kier molecular flexibility index (Phi) is 6.52. The third-order valence-corrected chi connectivity index (χ3v) is 4.33. The molecule has 0 spiro atoms. The van der Waals surface area contributed by atoms with E-state index in [9.17, 15) is 14.4 Å². The molecule has 1 heterocycles. The van der Waals surface area contributed by atoms with Crippen molar-refractivity contribution in [2.45, 2.75) is 19.4 Å². The lowest BCUT2D eigenvalue weighted by atomic mass is 9.98. The third-order valence-electron chi connectivity index (χ3n) is 4.33. The standard InChI is InChI=1S/C18H24N2O5/c1-19(17(22)14-6-3-5-13(9-14)12-25-2)11-16(21)20-8-4-7-15(10-20)18(23)24/h3,5-6,9,15H,4,7-8,10-12H2,1-2H3,(H,23,24). The molecule has 2 amide bonds. The first kappa shape index (κ1) is 18.9. The molecule has 1 atom stereocenters. The smallest absolute Gasteiger partial charge is 0.308 e. The molecule has 1 aromatic carbocycles. The van der Waals surface area contributed by atoms with Crippen molar-refractivity contribution < 1.29 is 24.2 Å². The largest absolute Gasteiger partial charge is 0.481 e. The summed E-state index contributed by atoms with van der Waals surface area (Å²) in [5.74, 6) is -1.88. The Morgan fingerprint density at radius 1 is 1.36 bits per heavy atom. The summed E-state index contributed by atoms with van der Waals surface area (Å²) in [5, 5.41) is 9.11. The number of hydrogen-bond donors (Lipinski definition) is 1. The number of ether oxygens (including phenoxy) is 1. The Morgan fingerprint density at radius 3 is 2.80 bits per heavy atom. The zero-order valence-electron chi connectivity index (χ0n) is 14.6. The molecule has 2 rings (SSSR count). The maximum atomic E-state index is 12.5. The van der Waals surface area contributed by atoms with Gasteiger partial charge in [-0.25, -0.2) is 0 Å². The molecule has 1 unspecified atom stereocenters. The fourth-order valence-electron chi connectivity index (χ4n) is 2.96. The van der Waals surface area contributed by atoms with Gasteiger partial charge in [0.1, 0.15) is 0 Å². The summed E-state index contributed by atoms with van der Waals surface area (Å²) in [6.45, 7) is 1.08. The second-order valence-electron chi connectivity index (χ2n) is 6.31. The monoisotopic (exact) mass is 348 g/mol. The number of rotatable bonds is 6. The summed E-state index contributed by atoms with van der Waals surface area (Å²) >= 11 is 0. The number of carboxylic acids is 1. The Bertz CT molecular complexity index is 646. The number of nitrogens with zero attached hydrogens (tertiary/aromatic N) is 2. The number of methoxy groups -OCH3 is 1. The average molecular weight is 348 g/mol. The Hall–Kier alpha value is -2.41. The molecule has 1 fully saturated rings. The van der Waals surface area contributed by atoms with Crippen LogP contribution in [0.4, 0.5) is 0 Å². The van der Waals surface area contributed by atoms with Gasteiger partial charge in [-0.1, -0.05) is 12.1 Å². The van der Waals surface area contributed by atoms with Gasteiger partial charge in [0.2, 0.25) is 5.91 Å². The second-order valence-corrected chi connectivity index (χ2v) is 6.31. The first-order chi connectivity index (χ1) is 11.9. The summed E-state index contributed by atoms with van der Waals surface area (Å²) in [6, 6.07) is 7.09. The SMILES string of the molecule is COCc1cccc(C(=O)N(C)CC(=O)N2CCCC(C(=O)O)C2)c1. The van der Waals surface area contributed by atoms with Gasteiger partial charge in [0.15, 0.2) is 0 Å². The number of hydrogen-bond acceptors (Lipinski definition) is 4. The van der Waals surface area contributed by atoms with Crippen LogP contribution in [-0.2, 0) is 20.9 Å². The van der Waals surface area contributed by atoms with E-state index in [0.717, 1.165) is 5.56 Å². The van der Waals surface area contributed by atoms with Crippen LogP contribution >= 0.6 is 0 Å². The molecule has 1 aliphatic rings. The summed E-state index contributed by atoms with van der Waals surface area (Å²) < 4.78 is 5.06. The number of carbonyl (C=O) groups is 3. The van der Waals surface area contributed by atoms with Gasteiger partial charge in [-0.15, -0.1) is 0 Å². The molecule has 0 bridgehead atoms. The first-order valence-corrected chi connectivity index (χ1v) is 8.26. The molecule has 1 aliphatic heterocycles. The van der Waals surface area contributed by atoms with E-state index in [-0.39, 0.29) is 24.9 Å². The highest BCUT2D eigenvalue weighted by Gasteiger charge is 2.29. The molecule has 7 nitrogen and oxygen atoms in total. The van der Waals surface area contributed by atoms with E-state index in [1.165, 1.54) is 9.80 Å². The first-order valence-electron chi connectivity index (χ1n) is 8.26. The lowest BCUT2D eigenvalue weighted by molar-refractivity contribution is -0.145. The molecule has 0 radical (unpaired) electrons. The average Bonchev–Trinajstić information content (AvgIpc) is 2.61. The molecule has 1 saturated heterocycles. The van der Waals surface area contributed by atoms with E-state index in [1.807, 2.05) is 6.07 Å². The Balaban J connectivity index is 1.97. The van der Waals surface area contributed by atoms with Gasteiger partial charge in [0, 0.05) is 32.8 Å². The zero-order chi connectivity index (χ0) is 18.4. The van der Waals surface area contributed by atoms with Crippen molar-refractivity contribution in [1.82, 2.24) is 9.80 Å². The molecule has 25 heavy (non-hydrogen) atoms. The van der Waals surface area contributed by atoms with Crippen molar-refractivity contribution in [2.24, 2.45) is 5.92 Å².